The highest BCUT2D eigenvalue weighted by molar-refractivity contribution is 5.94. The third-order valence-corrected chi connectivity index (χ3v) is 4.41. The Morgan fingerprint density at radius 1 is 1.22 bits per heavy atom. The van der Waals surface area contributed by atoms with E-state index in [1.807, 2.05) is 18.2 Å². The van der Waals surface area contributed by atoms with Gasteiger partial charge < -0.3 is 19.7 Å². The molecule has 1 N–H and O–H groups in total. The van der Waals surface area contributed by atoms with Gasteiger partial charge in [0, 0.05) is 24.8 Å². The average Bonchev–Trinajstić information content (AvgIpc) is 2.56. The summed E-state index contributed by atoms with van der Waals surface area (Å²) in [6, 6.07) is 8.23. The van der Waals surface area contributed by atoms with Gasteiger partial charge in [-0.25, -0.2) is 0 Å². The second-order valence-corrected chi connectivity index (χ2v) is 6.31. The van der Waals surface area contributed by atoms with Crippen LogP contribution in [0.25, 0.3) is 0 Å². The molecule has 0 atom stereocenters. The van der Waals surface area contributed by atoms with E-state index in [0.717, 1.165) is 25.7 Å². The predicted molar refractivity (Wildman–Crippen MR) is 91.0 cm³/mol. The number of hydrogen-bond donors (Lipinski definition) is 1. The Balaban J connectivity index is 1.85. The molecule has 128 valence electrons. The minimum absolute atomic E-state index is 0.0181. The summed E-state index contributed by atoms with van der Waals surface area (Å²) in [7, 11) is 5.88. The van der Waals surface area contributed by atoms with Gasteiger partial charge in [-0.05, 0) is 58.0 Å². The van der Waals surface area contributed by atoms with E-state index in [-0.39, 0.29) is 11.9 Å². The van der Waals surface area contributed by atoms with E-state index in [1.54, 1.807) is 13.2 Å². The molecule has 0 saturated heterocycles. The van der Waals surface area contributed by atoms with Crippen LogP contribution in [-0.4, -0.2) is 57.3 Å². The molecule has 1 amide bonds. The van der Waals surface area contributed by atoms with Gasteiger partial charge in [0.05, 0.1) is 6.61 Å². The summed E-state index contributed by atoms with van der Waals surface area (Å²) in [5.74, 6) is 0.682. The van der Waals surface area contributed by atoms with Crippen LogP contribution in [0, 0.1) is 0 Å². The minimum Gasteiger partial charge on any atom is -0.491 e. The first-order valence-electron chi connectivity index (χ1n) is 8.29. The number of carbonyl (C=O) groups is 1. The lowest BCUT2D eigenvalue weighted by molar-refractivity contribution is 0.0915. The van der Waals surface area contributed by atoms with Crippen molar-refractivity contribution in [3.63, 3.8) is 0 Å². The Kier molecular flexibility index (Phi) is 6.86. The number of methoxy groups -OCH3 is 1. The molecule has 2 rings (SSSR count). The van der Waals surface area contributed by atoms with Crippen molar-refractivity contribution in [2.45, 2.75) is 37.8 Å². The molecule has 1 aromatic rings. The highest BCUT2D eigenvalue weighted by Gasteiger charge is 2.23. The van der Waals surface area contributed by atoms with Gasteiger partial charge >= 0.3 is 0 Å². The number of nitrogens with zero attached hydrogens (tertiary/aromatic N) is 1. The second-order valence-electron chi connectivity index (χ2n) is 6.31. The monoisotopic (exact) mass is 320 g/mol. The van der Waals surface area contributed by atoms with Crippen LogP contribution in [0.3, 0.4) is 0 Å². The Hall–Kier alpha value is -1.59. The fraction of sp³-hybridized carbons (Fsp3) is 0.611. The van der Waals surface area contributed by atoms with Gasteiger partial charge in [0.25, 0.3) is 5.91 Å². The fourth-order valence-electron chi connectivity index (χ4n) is 2.98. The van der Waals surface area contributed by atoms with Gasteiger partial charge in [-0.2, -0.15) is 0 Å². The minimum atomic E-state index is -0.0181. The van der Waals surface area contributed by atoms with Crippen LogP contribution in [0.15, 0.2) is 24.3 Å². The third-order valence-electron chi connectivity index (χ3n) is 4.41. The van der Waals surface area contributed by atoms with Gasteiger partial charge in [-0.3, -0.25) is 4.79 Å². The summed E-state index contributed by atoms with van der Waals surface area (Å²) in [6.07, 6.45) is 4.35. The topological polar surface area (TPSA) is 50.8 Å². The number of hydrogen-bond acceptors (Lipinski definition) is 4. The van der Waals surface area contributed by atoms with Crippen LogP contribution >= 0.6 is 0 Å². The predicted octanol–water partition coefficient (Wildman–Crippen LogP) is 2.31. The molecular formula is C18H28N2O3. The fourth-order valence-corrected chi connectivity index (χ4v) is 2.98. The van der Waals surface area contributed by atoms with Gasteiger partial charge in [0.15, 0.2) is 0 Å². The molecule has 0 radical (unpaired) electrons. The summed E-state index contributed by atoms with van der Waals surface area (Å²) in [5, 5.41) is 3.15. The largest absolute Gasteiger partial charge is 0.491 e. The van der Waals surface area contributed by atoms with E-state index < -0.39 is 0 Å². The summed E-state index contributed by atoms with van der Waals surface area (Å²) < 4.78 is 10.5. The van der Waals surface area contributed by atoms with Crippen molar-refractivity contribution in [3.8, 4) is 5.75 Å². The molecule has 0 spiro atoms. The molecule has 1 aromatic carbocycles. The van der Waals surface area contributed by atoms with Crippen molar-refractivity contribution in [2.75, 3.05) is 34.4 Å². The van der Waals surface area contributed by atoms with Crippen molar-refractivity contribution in [1.82, 2.24) is 10.2 Å². The van der Waals surface area contributed by atoms with Crippen molar-refractivity contribution in [2.24, 2.45) is 0 Å². The standard InChI is InChI=1S/C18H28N2O3/c1-20(2)16-9-7-15(8-10-16)19-18(21)14-5-4-6-17(13-14)23-12-11-22-3/h4-6,13,15-16H,7-12H2,1-3H3,(H,19,21). The van der Waals surface area contributed by atoms with Crippen molar-refractivity contribution in [3.05, 3.63) is 29.8 Å². The summed E-state index contributed by atoms with van der Waals surface area (Å²) in [4.78, 5) is 14.7. The Labute approximate surface area is 139 Å². The summed E-state index contributed by atoms with van der Waals surface area (Å²) in [5.41, 5.74) is 0.648. The molecule has 1 fully saturated rings. The molecular weight excluding hydrogens is 292 g/mol. The van der Waals surface area contributed by atoms with Crippen LogP contribution in [0.2, 0.25) is 0 Å². The van der Waals surface area contributed by atoms with Crippen molar-refractivity contribution >= 4 is 5.91 Å². The lowest BCUT2D eigenvalue weighted by Gasteiger charge is -2.33. The molecule has 5 nitrogen and oxygen atoms in total. The molecule has 1 saturated carbocycles. The summed E-state index contributed by atoms with van der Waals surface area (Å²) >= 11 is 0. The highest BCUT2D eigenvalue weighted by Crippen LogP contribution is 2.22. The average molecular weight is 320 g/mol. The van der Waals surface area contributed by atoms with Gasteiger partial charge in [-0.15, -0.1) is 0 Å². The maximum atomic E-state index is 12.4. The molecule has 0 aliphatic heterocycles. The third kappa shape index (κ3) is 5.52. The van der Waals surface area contributed by atoms with Crippen LogP contribution in [0.1, 0.15) is 36.0 Å². The molecule has 1 aliphatic carbocycles. The second kappa shape index (κ2) is 8.89. The van der Waals surface area contributed by atoms with Crippen molar-refractivity contribution in [1.29, 1.82) is 0 Å². The van der Waals surface area contributed by atoms with Crippen LogP contribution in [-0.2, 0) is 4.74 Å². The van der Waals surface area contributed by atoms with Gasteiger partial charge in [0.1, 0.15) is 12.4 Å². The van der Waals surface area contributed by atoms with Crippen LogP contribution in [0.5, 0.6) is 5.75 Å². The summed E-state index contributed by atoms with van der Waals surface area (Å²) in [6.45, 7) is 1.02. The molecule has 1 aliphatic rings. The molecule has 23 heavy (non-hydrogen) atoms. The lowest BCUT2D eigenvalue weighted by Crippen LogP contribution is -2.41. The number of amides is 1. The molecule has 5 heteroatoms. The zero-order valence-electron chi connectivity index (χ0n) is 14.4. The Bertz CT molecular complexity index is 497. The molecule has 0 bridgehead atoms. The first kappa shape index (κ1) is 17.8. The lowest BCUT2D eigenvalue weighted by atomic mass is 9.90. The van der Waals surface area contributed by atoms with E-state index in [4.69, 9.17) is 9.47 Å². The number of carbonyl (C=O) groups excluding carboxylic acids is 1. The van der Waals surface area contributed by atoms with Gasteiger partial charge in [-0.1, -0.05) is 6.07 Å². The number of rotatable bonds is 7. The molecule has 0 unspecified atom stereocenters. The van der Waals surface area contributed by atoms with E-state index in [9.17, 15) is 4.79 Å². The van der Waals surface area contributed by atoms with Crippen LogP contribution < -0.4 is 10.1 Å². The Morgan fingerprint density at radius 2 is 1.96 bits per heavy atom. The first-order valence-corrected chi connectivity index (χ1v) is 8.29. The Morgan fingerprint density at radius 3 is 2.61 bits per heavy atom. The first-order chi connectivity index (χ1) is 11.1. The molecule has 0 heterocycles. The number of nitrogens with one attached hydrogen (secondary N) is 1. The van der Waals surface area contributed by atoms with E-state index in [1.165, 1.54) is 0 Å². The van der Waals surface area contributed by atoms with E-state index in [2.05, 4.69) is 24.3 Å². The highest BCUT2D eigenvalue weighted by atomic mass is 16.5. The zero-order valence-corrected chi connectivity index (χ0v) is 14.4. The molecule has 0 aromatic heterocycles. The maximum Gasteiger partial charge on any atom is 0.251 e. The van der Waals surface area contributed by atoms with E-state index in [0.29, 0.717) is 30.6 Å². The van der Waals surface area contributed by atoms with Crippen LogP contribution in [0.4, 0.5) is 0 Å². The normalized spacial score (nSPS) is 21.2. The maximum absolute atomic E-state index is 12.4. The zero-order chi connectivity index (χ0) is 16.7. The number of ether oxygens (including phenoxy) is 2. The quantitative estimate of drug-likeness (QED) is 0.783. The number of benzene rings is 1. The van der Waals surface area contributed by atoms with Gasteiger partial charge in [0.2, 0.25) is 0 Å². The smallest absolute Gasteiger partial charge is 0.251 e. The van der Waals surface area contributed by atoms with Crippen molar-refractivity contribution < 1.29 is 14.3 Å². The van der Waals surface area contributed by atoms with E-state index >= 15 is 0 Å². The SMILES string of the molecule is COCCOc1cccc(C(=O)NC2CCC(N(C)C)CC2)c1.